The molecule has 1 saturated heterocycles. The second-order valence-corrected chi connectivity index (χ2v) is 4.89. The van der Waals surface area contributed by atoms with Gasteiger partial charge in [0.05, 0.1) is 11.6 Å². The highest BCUT2D eigenvalue weighted by atomic mass is 35.5. The Kier molecular flexibility index (Phi) is 4.14. The molecule has 16 heavy (non-hydrogen) atoms. The molecule has 0 aliphatic carbocycles. The Morgan fingerprint density at radius 2 is 2.38 bits per heavy atom. The predicted octanol–water partition coefficient (Wildman–Crippen LogP) is 2.60. The highest BCUT2D eigenvalue weighted by molar-refractivity contribution is 6.41. The van der Waals surface area contributed by atoms with Crippen LogP contribution < -0.4 is 5.32 Å². The van der Waals surface area contributed by atoms with Crippen molar-refractivity contribution in [2.24, 2.45) is 7.05 Å². The lowest BCUT2D eigenvalue weighted by Gasteiger charge is -2.23. The van der Waals surface area contributed by atoms with Crippen molar-refractivity contribution in [3.63, 3.8) is 0 Å². The zero-order chi connectivity index (χ0) is 11.5. The van der Waals surface area contributed by atoms with Gasteiger partial charge in [-0.05, 0) is 18.9 Å². The van der Waals surface area contributed by atoms with Crippen LogP contribution in [0, 0.1) is 0 Å². The van der Waals surface area contributed by atoms with Gasteiger partial charge < -0.3 is 14.6 Å². The van der Waals surface area contributed by atoms with Gasteiger partial charge in [0, 0.05) is 31.9 Å². The van der Waals surface area contributed by atoms with Crippen molar-refractivity contribution in [1.82, 2.24) is 9.88 Å². The molecule has 0 amide bonds. The standard InChI is InChI=1S/C11H16Cl2N2O/c1-15-9(5-10(12)11(15)13)6-14-8-3-2-4-16-7-8/h5,8,14H,2-4,6-7H2,1H3. The minimum atomic E-state index is 0.446. The third-order valence-corrected chi connectivity index (χ3v) is 3.79. The van der Waals surface area contributed by atoms with Crippen LogP contribution in [-0.4, -0.2) is 23.8 Å². The van der Waals surface area contributed by atoms with Gasteiger partial charge >= 0.3 is 0 Å². The average molecular weight is 263 g/mol. The Balaban J connectivity index is 1.91. The molecule has 1 aliphatic rings. The van der Waals surface area contributed by atoms with E-state index < -0.39 is 0 Å². The topological polar surface area (TPSA) is 26.2 Å². The van der Waals surface area contributed by atoms with E-state index in [1.165, 1.54) is 6.42 Å². The molecule has 5 heteroatoms. The van der Waals surface area contributed by atoms with E-state index in [1.54, 1.807) is 0 Å². The van der Waals surface area contributed by atoms with Gasteiger partial charge in [0.1, 0.15) is 5.15 Å². The Bertz CT molecular complexity index is 359. The minimum Gasteiger partial charge on any atom is -0.380 e. The number of nitrogens with zero attached hydrogens (tertiary/aromatic N) is 1. The van der Waals surface area contributed by atoms with Crippen LogP contribution in [0.3, 0.4) is 0 Å². The van der Waals surface area contributed by atoms with Crippen LogP contribution in [0.2, 0.25) is 10.2 Å². The molecule has 90 valence electrons. The summed E-state index contributed by atoms with van der Waals surface area (Å²) in [4.78, 5) is 0. The molecule has 2 heterocycles. The summed E-state index contributed by atoms with van der Waals surface area (Å²) < 4.78 is 7.31. The van der Waals surface area contributed by atoms with Crippen LogP contribution in [0.4, 0.5) is 0 Å². The van der Waals surface area contributed by atoms with Gasteiger partial charge in [0.25, 0.3) is 0 Å². The molecule has 1 aromatic heterocycles. The molecular weight excluding hydrogens is 247 g/mol. The SMILES string of the molecule is Cn1c(CNC2CCCOC2)cc(Cl)c1Cl. The maximum atomic E-state index is 6.00. The van der Waals surface area contributed by atoms with E-state index in [0.29, 0.717) is 16.2 Å². The molecule has 1 fully saturated rings. The first-order valence-electron chi connectivity index (χ1n) is 5.49. The molecule has 1 atom stereocenters. The van der Waals surface area contributed by atoms with Gasteiger partial charge in [-0.25, -0.2) is 0 Å². The molecule has 0 spiro atoms. The molecule has 0 bridgehead atoms. The van der Waals surface area contributed by atoms with Gasteiger partial charge in [-0.3, -0.25) is 0 Å². The van der Waals surface area contributed by atoms with Crippen LogP contribution in [0.5, 0.6) is 0 Å². The molecule has 0 aromatic carbocycles. The van der Waals surface area contributed by atoms with Crippen LogP contribution in [0.15, 0.2) is 6.07 Å². The first-order chi connectivity index (χ1) is 7.68. The van der Waals surface area contributed by atoms with Crippen molar-refractivity contribution in [1.29, 1.82) is 0 Å². The fraction of sp³-hybridized carbons (Fsp3) is 0.636. The third kappa shape index (κ3) is 2.72. The van der Waals surface area contributed by atoms with Crippen molar-refractivity contribution in [2.45, 2.75) is 25.4 Å². The summed E-state index contributed by atoms with van der Waals surface area (Å²) in [6, 6.07) is 2.35. The largest absolute Gasteiger partial charge is 0.380 e. The predicted molar refractivity (Wildman–Crippen MR) is 66.1 cm³/mol. The molecule has 1 N–H and O–H groups in total. The molecule has 0 radical (unpaired) electrons. The summed E-state index contributed by atoms with van der Waals surface area (Å²) in [5.74, 6) is 0. The number of aromatic nitrogens is 1. The molecule has 1 unspecified atom stereocenters. The van der Waals surface area contributed by atoms with Gasteiger partial charge in [0.15, 0.2) is 0 Å². The lowest BCUT2D eigenvalue weighted by molar-refractivity contribution is 0.0697. The number of ether oxygens (including phenoxy) is 1. The monoisotopic (exact) mass is 262 g/mol. The van der Waals surface area contributed by atoms with Crippen LogP contribution >= 0.6 is 23.2 Å². The summed E-state index contributed by atoms with van der Waals surface area (Å²) in [5.41, 5.74) is 1.10. The second-order valence-electron chi connectivity index (χ2n) is 4.13. The first kappa shape index (κ1) is 12.2. The van der Waals surface area contributed by atoms with E-state index in [9.17, 15) is 0 Å². The summed E-state index contributed by atoms with van der Waals surface area (Å²) in [7, 11) is 1.92. The van der Waals surface area contributed by atoms with Crippen molar-refractivity contribution >= 4 is 23.2 Å². The Morgan fingerprint density at radius 3 is 2.94 bits per heavy atom. The fourth-order valence-electron chi connectivity index (χ4n) is 1.91. The van der Waals surface area contributed by atoms with Gasteiger partial charge in [-0.15, -0.1) is 0 Å². The van der Waals surface area contributed by atoms with Crippen molar-refractivity contribution in [2.75, 3.05) is 13.2 Å². The third-order valence-electron chi connectivity index (χ3n) is 2.95. The Morgan fingerprint density at radius 1 is 1.56 bits per heavy atom. The minimum absolute atomic E-state index is 0.446. The zero-order valence-corrected chi connectivity index (χ0v) is 10.8. The quantitative estimate of drug-likeness (QED) is 0.907. The van der Waals surface area contributed by atoms with E-state index in [4.69, 9.17) is 27.9 Å². The molecule has 1 aliphatic heterocycles. The van der Waals surface area contributed by atoms with E-state index in [1.807, 2.05) is 17.7 Å². The molecular formula is C11H16Cl2N2O. The lowest BCUT2D eigenvalue weighted by atomic mass is 10.1. The Hall–Kier alpha value is -0.220. The highest BCUT2D eigenvalue weighted by Gasteiger charge is 2.14. The van der Waals surface area contributed by atoms with Crippen LogP contribution in [0.1, 0.15) is 18.5 Å². The van der Waals surface area contributed by atoms with Gasteiger partial charge in [-0.1, -0.05) is 23.2 Å². The van der Waals surface area contributed by atoms with Crippen molar-refractivity contribution < 1.29 is 4.74 Å². The number of hydrogen-bond acceptors (Lipinski definition) is 2. The highest BCUT2D eigenvalue weighted by Crippen LogP contribution is 2.25. The number of hydrogen-bond donors (Lipinski definition) is 1. The normalized spacial score (nSPS) is 21.3. The van der Waals surface area contributed by atoms with Gasteiger partial charge in [0.2, 0.25) is 0 Å². The zero-order valence-electron chi connectivity index (χ0n) is 9.30. The van der Waals surface area contributed by atoms with Gasteiger partial charge in [-0.2, -0.15) is 0 Å². The maximum Gasteiger partial charge on any atom is 0.127 e. The number of halogens is 2. The molecule has 3 nitrogen and oxygen atoms in total. The van der Waals surface area contributed by atoms with Crippen molar-refractivity contribution in [3.05, 3.63) is 21.9 Å². The lowest BCUT2D eigenvalue weighted by Crippen LogP contribution is -2.36. The van der Waals surface area contributed by atoms with E-state index in [2.05, 4.69) is 5.32 Å². The average Bonchev–Trinajstić information content (AvgIpc) is 2.56. The summed E-state index contributed by atoms with van der Waals surface area (Å²) in [6.07, 6.45) is 2.30. The van der Waals surface area contributed by atoms with E-state index in [0.717, 1.165) is 31.9 Å². The summed E-state index contributed by atoms with van der Waals surface area (Å²) >= 11 is 11.9. The smallest absolute Gasteiger partial charge is 0.127 e. The van der Waals surface area contributed by atoms with E-state index in [-0.39, 0.29) is 0 Å². The molecule has 1 aromatic rings. The van der Waals surface area contributed by atoms with E-state index >= 15 is 0 Å². The molecule has 2 rings (SSSR count). The van der Waals surface area contributed by atoms with Crippen LogP contribution in [0.25, 0.3) is 0 Å². The fourth-order valence-corrected chi connectivity index (χ4v) is 2.33. The van der Waals surface area contributed by atoms with Crippen LogP contribution in [-0.2, 0) is 18.3 Å². The molecule has 0 saturated carbocycles. The van der Waals surface area contributed by atoms with Crippen molar-refractivity contribution in [3.8, 4) is 0 Å². The number of nitrogens with one attached hydrogen (secondary N) is 1. The Labute approximate surface area is 106 Å². The first-order valence-corrected chi connectivity index (χ1v) is 6.25. The second kappa shape index (κ2) is 5.41. The number of rotatable bonds is 3. The maximum absolute atomic E-state index is 6.00. The summed E-state index contributed by atoms with van der Waals surface area (Å²) in [6.45, 7) is 2.46. The summed E-state index contributed by atoms with van der Waals surface area (Å²) in [5, 5.41) is 4.66.